The second-order valence-corrected chi connectivity index (χ2v) is 9.79. The number of hydrogen-bond acceptors (Lipinski definition) is 8. The summed E-state index contributed by atoms with van der Waals surface area (Å²) < 4.78 is 0. The van der Waals surface area contributed by atoms with Gasteiger partial charge >= 0.3 is 0 Å². The molecule has 228 valence electrons. The van der Waals surface area contributed by atoms with Crippen LogP contribution in [-0.2, 0) is 33.6 Å². The molecule has 15 nitrogen and oxygen atoms in total. The molecule has 9 N–H and O–H groups in total. The maximum absolute atomic E-state index is 12.2. The third-order valence-corrected chi connectivity index (χ3v) is 5.94. The van der Waals surface area contributed by atoms with E-state index in [2.05, 4.69) is 26.6 Å². The number of nitrogens with zero attached hydrogens (tertiary/aromatic N) is 1. The van der Waals surface area contributed by atoms with Crippen molar-refractivity contribution < 1.29 is 33.6 Å². The van der Waals surface area contributed by atoms with Gasteiger partial charge in [-0.05, 0) is 54.4 Å². The van der Waals surface area contributed by atoms with Gasteiger partial charge in [0, 0.05) is 19.5 Å². The molecule has 1 aliphatic rings. The van der Waals surface area contributed by atoms with Gasteiger partial charge in [0.15, 0.2) is 0 Å². The van der Waals surface area contributed by atoms with Gasteiger partial charge in [-0.1, -0.05) is 6.92 Å². The molecule has 1 heterocycles. The van der Waals surface area contributed by atoms with Gasteiger partial charge in [-0.3, -0.25) is 33.6 Å². The molecule has 0 spiro atoms. The van der Waals surface area contributed by atoms with Crippen molar-refractivity contribution in [3.63, 3.8) is 0 Å². The lowest BCUT2D eigenvalue weighted by molar-refractivity contribution is -0.136. The summed E-state index contributed by atoms with van der Waals surface area (Å²) in [6.45, 7) is 12.3. The summed E-state index contributed by atoms with van der Waals surface area (Å²) in [4.78, 5) is 82.6. The SMILES string of the molecule is CC(N)C(=O)NC(C)C(=O)NC(C)C(=O)NC(C)C(=O)N1CCCC1.CCC(=O)NC(C)C(=O)NC(C)C(N)=O. The van der Waals surface area contributed by atoms with Crippen LogP contribution in [0.2, 0.25) is 0 Å². The highest BCUT2D eigenvalue weighted by atomic mass is 16.2. The van der Waals surface area contributed by atoms with Crippen molar-refractivity contribution in [3.8, 4) is 0 Å². The Morgan fingerprint density at radius 2 is 1.00 bits per heavy atom. The van der Waals surface area contributed by atoms with Gasteiger partial charge < -0.3 is 43.0 Å². The third-order valence-electron chi connectivity index (χ3n) is 5.94. The molecule has 0 aliphatic carbocycles. The van der Waals surface area contributed by atoms with Crippen LogP contribution in [0.15, 0.2) is 0 Å². The van der Waals surface area contributed by atoms with Gasteiger partial charge in [-0.15, -0.1) is 0 Å². The van der Waals surface area contributed by atoms with Gasteiger partial charge in [-0.25, -0.2) is 0 Å². The minimum atomic E-state index is -0.837. The summed E-state index contributed by atoms with van der Waals surface area (Å²) in [6, 6.07) is -4.44. The summed E-state index contributed by atoms with van der Waals surface area (Å²) in [5.74, 6) is -2.80. The number of nitrogens with one attached hydrogen (secondary N) is 5. The van der Waals surface area contributed by atoms with Crippen molar-refractivity contribution in [1.82, 2.24) is 31.5 Å². The summed E-state index contributed by atoms with van der Waals surface area (Å²) >= 11 is 0. The zero-order chi connectivity index (χ0) is 31.2. The van der Waals surface area contributed by atoms with E-state index in [0.717, 1.165) is 12.8 Å². The number of primary amides is 1. The zero-order valence-electron chi connectivity index (χ0n) is 24.5. The summed E-state index contributed by atoms with van der Waals surface area (Å²) in [7, 11) is 0. The van der Waals surface area contributed by atoms with Gasteiger partial charge in [0.1, 0.15) is 30.2 Å². The molecule has 1 aliphatic heterocycles. The number of rotatable bonds is 12. The molecule has 6 atom stereocenters. The van der Waals surface area contributed by atoms with E-state index in [0.29, 0.717) is 19.5 Å². The molecule has 0 bridgehead atoms. The molecule has 0 aromatic carbocycles. The first-order valence-corrected chi connectivity index (χ1v) is 13.4. The lowest BCUT2D eigenvalue weighted by atomic mass is 10.2. The van der Waals surface area contributed by atoms with Crippen LogP contribution in [-0.4, -0.2) is 95.6 Å². The van der Waals surface area contributed by atoms with Crippen LogP contribution in [0.5, 0.6) is 0 Å². The van der Waals surface area contributed by atoms with Gasteiger partial charge in [0.2, 0.25) is 41.4 Å². The van der Waals surface area contributed by atoms with E-state index in [4.69, 9.17) is 11.5 Å². The molecule has 1 rings (SSSR count). The highest BCUT2D eigenvalue weighted by Crippen LogP contribution is 2.09. The fraction of sp³-hybridized carbons (Fsp3) is 0.720. The normalized spacial score (nSPS) is 16.9. The Balaban J connectivity index is 0.000000868. The van der Waals surface area contributed by atoms with Gasteiger partial charge in [0.25, 0.3) is 0 Å². The Morgan fingerprint density at radius 1 is 0.625 bits per heavy atom. The summed E-state index contributed by atoms with van der Waals surface area (Å²) in [6.07, 6.45) is 2.26. The fourth-order valence-corrected chi connectivity index (χ4v) is 3.24. The van der Waals surface area contributed by atoms with Crippen molar-refractivity contribution in [2.24, 2.45) is 11.5 Å². The molecule has 1 fully saturated rings. The zero-order valence-corrected chi connectivity index (χ0v) is 24.5. The van der Waals surface area contributed by atoms with E-state index < -0.39 is 65.8 Å². The van der Waals surface area contributed by atoms with Crippen LogP contribution in [0.1, 0.15) is 67.7 Å². The van der Waals surface area contributed by atoms with Gasteiger partial charge in [0.05, 0.1) is 6.04 Å². The monoisotopic (exact) mass is 570 g/mol. The molecule has 15 heteroatoms. The molecule has 0 saturated carbocycles. The average Bonchev–Trinajstić information content (AvgIpc) is 3.42. The van der Waals surface area contributed by atoms with E-state index >= 15 is 0 Å². The first-order chi connectivity index (χ1) is 18.5. The third kappa shape index (κ3) is 13.4. The maximum atomic E-state index is 12.2. The molecule has 40 heavy (non-hydrogen) atoms. The van der Waals surface area contributed by atoms with E-state index in [1.807, 2.05) is 0 Å². The minimum Gasteiger partial charge on any atom is -0.368 e. The van der Waals surface area contributed by atoms with E-state index in [1.54, 1.807) is 18.7 Å². The Morgan fingerprint density at radius 3 is 1.40 bits per heavy atom. The number of carbonyl (C=O) groups excluding carboxylic acids is 7. The van der Waals surface area contributed by atoms with Crippen molar-refractivity contribution in [3.05, 3.63) is 0 Å². The largest absolute Gasteiger partial charge is 0.368 e. The van der Waals surface area contributed by atoms with E-state index in [9.17, 15) is 33.6 Å². The second kappa shape index (κ2) is 17.8. The van der Waals surface area contributed by atoms with Crippen molar-refractivity contribution >= 4 is 41.4 Å². The first-order valence-electron chi connectivity index (χ1n) is 13.4. The minimum absolute atomic E-state index is 0.123. The Kier molecular flexibility index (Phi) is 16.1. The van der Waals surface area contributed by atoms with Crippen LogP contribution in [0, 0.1) is 0 Å². The number of hydrogen-bond donors (Lipinski definition) is 7. The van der Waals surface area contributed by atoms with Crippen LogP contribution in [0.3, 0.4) is 0 Å². The number of likely N-dealkylation sites (tertiary alicyclic amines) is 1. The Bertz CT molecular complexity index is 921. The van der Waals surface area contributed by atoms with Gasteiger partial charge in [-0.2, -0.15) is 0 Å². The van der Waals surface area contributed by atoms with E-state index in [-0.39, 0.29) is 11.8 Å². The smallest absolute Gasteiger partial charge is 0.244 e. The maximum Gasteiger partial charge on any atom is 0.244 e. The number of amides is 7. The standard InChI is InChI=1S/C16H29N5O4.C9H17N3O3/c1-9(17)13(22)18-10(2)14(23)19-11(3)15(24)20-12(4)16(25)21-7-5-6-8-21;1-4-7(13)11-6(3)9(15)12-5(2)8(10)14/h9-12H,5-8,17H2,1-4H3,(H,18,22)(H,19,23)(H,20,24);5-6H,4H2,1-3H3,(H2,10,14)(H,11,13)(H,12,15). The molecule has 0 aromatic rings. The van der Waals surface area contributed by atoms with Crippen LogP contribution in [0.4, 0.5) is 0 Å². The quantitative estimate of drug-likeness (QED) is 0.131. The first kappa shape index (κ1) is 36.2. The second-order valence-electron chi connectivity index (χ2n) is 9.79. The molecule has 1 saturated heterocycles. The molecule has 0 aromatic heterocycles. The van der Waals surface area contributed by atoms with Crippen molar-refractivity contribution in [1.29, 1.82) is 0 Å². The van der Waals surface area contributed by atoms with Crippen LogP contribution >= 0.6 is 0 Å². The van der Waals surface area contributed by atoms with Crippen LogP contribution in [0.25, 0.3) is 0 Å². The Hall–Kier alpha value is -3.75. The topological polar surface area (TPSA) is 235 Å². The Labute approximate surface area is 235 Å². The lowest BCUT2D eigenvalue weighted by Gasteiger charge is -2.23. The predicted octanol–water partition coefficient (Wildman–Crippen LogP) is -2.64. The average molecular weight is 571 g/mol. The fourth-order valence-electron chi connectivity index (χ4n) is 3.24. The molecule has 6 unspecified atom stereocenters. The number of nitrogens with two attached hydrogens (primary N) is 2. The predicted molar refractivity (Wildman–Crippen MR) is 147 cm³/mol. The van der Waals surface area contributed by atoms with Crippen molar-refractivity contribution in [2.75, 3.05) is 13.1 Å². The molecule has 7 amide bonds. The van der Waals surface area contributed by atoms with E-state index in [1.165, 1.54) is 34.6 Å². The summed E-state index contributed by atoms with van der Waals surface area (Å²) in [5, 5.41) is 12.4. The summed E-state index contributed by atoms with van der Waals surface area (Å²) in [5.41, 5.74) is 10.4. The molecular formula is C25H46N8O7. The molecule has 0 radical (unpaired) electrons. The van der Waals surface area contributed by atoms with Crippen LogP contribution < -0.4 is 38.1 Å². The highest BCUT2D eigenvalue weighted by Gasteiger charge is 2.27. The number of carbonyl (C=O) groups is 7. The lowest BCUT2D eigenvalue weighted by Crippen LogP contribution is -2.55. The van der Waals surface area contributed by atoms with Crippen molar-refractivity contribution in [2.45, 2.75) is 104 Å². The molecular weight excluding hydrogens is 524 g/mol. The highest BCUT2D eigenvalue weighted by molar-refractivity contribution is 5.94.